The van der Waals surface area contributed by atoms with E-state index in [1.807, 2.05) is 12.1 Å². The second-order valence-electron chi connectivity index (χ2n) is 8.19. The van der Waals surface area contributed by atoms with E-state index in [4.69, 9.17) is 9.16 Å². The highest BCUT2D eigenvalue weighted by atomic mass is 28.4. The molecule has 2 rings (SSSR count). The summed E-state index contributed by atoms with van der Waals surface area (Å²) in [6, 6.07) is 10.3. The Kier molecular flexibility index (Phi) is 6.24. The van der Waals surface area contributed by atoms with E-state index in [-0.39, 0.29) is 23.4 Å². The Morgan fingerprint density at radius 2 is 1.75 bits per heavy atom. The predicted molar refractivity (Wildman–Crippen MR) is 106 cm³/mol. The fraction of sp³-hybridized carbons (Fsp3) is 0.524. The van der Waals surface area contributed by atoms with Gasteiger partial charge in [-0.1, -0.05) is 69.3 Å². The molecule has 1 aromatic rings. The fourth-order valence-electron chi connectivity index (χ4n) is 2.70. The SMILES string of the molecule is C=C[C@@H]1C[C@H](O[Si](C)(C)C(C)(C)C)C[C@H](/C=C/c2ccccc2)O1. The fourth-order valence-corrected chi connectivity index (χ4v) is 4.08. The zero-order chi connectivity index (χ0) is 17.8. The maximum absolute atomic E-state index is 6.63. The lowest BCUT2D eigenvalue weighted by Crippen LogP contribution is -2.47. The summed E-state index contributed by atoms with van der Waals surface area (Å²) in [5.41, 5.74) is 1.20. The molecule has 1 saturated heterocycles. The van der Waals surface area contributed by atoms with Crippen molar-refractivity contribution in [3.05, 3.63) is 54.6 Å². The van der Waals surface area contributed by atoms with Crippen LogP contribution in [0.5, 0.6) is 0 Å². The molecule has 2 nitrogen and oxygen atoms in total. The average molecular weight is 345 g/mol. The summed E-state index contributed by atoms with van der Waals surface area (Å²) in [5, 5.41) is 0.227. The lowest BCUT2D eigenvalue weighted by molar-refractivity contribution is -0.0501. The van der Waals surface area contributed by atoms with Crippen LogP contribution in [0, 0.1) is 0 Å². The monoisotopic (exact) mass is 344 g/mol. The average Bonchev–Trinajstić information content (AvgIpc) is 2.52. The van der Waals surface area contributed by atoms with Gasteiger partial charge in [-0.15, -0.1) is 6.58 Å². The van der Waals surface area contributed by atoms with E-state index in [0.29, 0.717) is 0 Å². The summed E-state index contributed by atoms with van der Waals surface area (Å²) in [6.45, 7) is 15.4. The molecule has 3 heteroatoms. The number of ether oxygens (including phenoxy) is 1. The van der Waals surface area contributed by atoms with Crippen molar-refractivity contribution >= 4 is 14.4 Å². The van der Waals surface area contributed by atoms with Gasteiger partial charge in [-0.25, -0.2) is 0 Å². The van der Waals surface area contributed by atoms with Crippen LogP contribution in [0.1, 0.15) is 39.2 Å². The Hall–Kier alpha value is -1.16. The first-order valence-electron chi connectivity index (χ1n) is 8.90. The molecule has 132 valence electrons. The summed E-state index contributed by atoms with van der Waals surface area (Å²) >= 11 is 0. The van der Waals surface area contributed by atoms with Crippen LogP contribution < -0.4 is 0 Å². The van der Waals surface area contributed by atoms with Gasteiger partial charge in [-0.3, -0.25) is 0 Å². The topological polar surface area (TPSA) is 18.5 Å². The Labute approximate surface area is 148 Å². The summed E-state index contributed by atoms with van der Waals surface area (Å²) in [6.07, 6.45) is 8.42. The van der Waals surface area contributed by atoms with Gasteiger partial charge in [0.2, 0.25) is 0 Å². The molecule has 1 fully saturated rings. The summed E-state index contributed by atoms with van der Waals surface area (Å²) in [7, 11) is -1.77. The van der Waals surface area contributed by atoms with Crippen LogP contribution >= 0.6 is 0 Å². The highest BCUT2D eigenvalue weighted by Crippen LogP contribution is 2.39. The maximum Gasteiger partial charge on any atom is 0.192 e. The molecule has 1 aliphatic heterocycles. The maximum atomic E-state index is 6.63. The predicted octanol–water partition coefficient (Wildman–Crippen LogP) is 5.82. The Bertz CT molecular complexity index is 557. The summed E-state index contributed by atoms with van der Waals surface area (Å²) in [5.74, 6) is 0. The van der Waals surface area contributed by atoms with Crippen molar-refractivity contribution in [2.24, 2.45) is 0 Å². The van der Waals surface area contributed by atoms with E-state index in [9.17, 15) is 0 Å². The molecule has 0 aliphatic carbocycles. The normalized spacial score (nSPS) is 25.8. The zero-order valence-corrected chi connectivity index (χ0v) is 16.8. The van der Waals surface area contributed by atoms with Crippen LogP contribution in [0.4, 0.5) is 0 Å². The summed E-state index contributed by atoms with van der Waals surface area (Å²) in [4.78, 5) is 0. The van der Waals surface area contributed by atoms with Gasteiger partial charge in [0.25, 0.3) is 0 Å². The molecule has 0 radical (unpaired) electrons. The standard InChI is InChI=1S/C21H32O2Si/c1-7-18-15-20(23-24(5,6)21(2,3)4)16-19(22-18)14-13-17-11-9-8-10-12-17/h7-14,18-20H,1,15-16H2,2-6H3/b14-13+/t18-,19+,20+/m1/s1. The van der Waals surface area contributed by atoms with Crippen molar-refractivity contribution in [3.8, 4) is 0 Å². The van der Waals surface area contributed by atoms with E-state index in [1.54, 1.807) is 0 Å². The van der Waals surface area contributed by atoms with Gasteiger partial charge in [0.15, 0.2) is 8.32 Å². The molecular weight excluding hydrogens is 312 g/mol. The second-order valence-corrected chi connectivity index (χ2v) is 12.9. The minimum absolute atomic E-state index is 0.0685. The Morgan fingerprint density at radius 3 is 2.33 bits per heavy atom. The molecule has 0 N–H and O–H groups in total. The van der Waals surface area contributed by atoms with Crippen LogP contribution in [0.3, 0.4) is 0 Å². The largest absolute Gasteiger partial charge is 0.414 e. The van der Waals surface area contributed by atoms with Gasteiger partial charge in [0, 0.05) is 12.8 Å². The molecular formula is C21H32O2Si. The number of rotatable bonds is 5. The Balaban J connectivity index is 2.06. The quantitative estimate of drug-likeness (QED) is 0.494. The van der Waals surface area contributed by atoms with Crippen molar-refractivity contribution in [1.82, 2.24) is 0 Å². The van der Waals surface area contributed by atoms with Crippen molar-refractivity contribution in [3.63, 3.8) is 0 Å². The molecule has 0 amide bonds. The van der Waals surface area contributed by atoms with E-state index in [2.05, 4.69) is 76.9 Å². The van der Waals surface area contributed by atoms with Gasteiger partial charge in [0.1, 0.15) is 0 Å². The van der Waals surface area contributed by atoms with E-state index in [0.717, 1.165) is 12.8 Å². The molecule has 1 aliphatic rings. The molecule has 24 heavy (non-hydrogen) atoms. The van der Waals surface area contributed by atoms with E-state index >= 15 is 0 Å². The van der Waals surface area contributed by atoms with Crippen molar-refractivity contribution < 1.29 is 9.16 Å². The number of benzene rings is 1. The van der Waals surface area contributed by atoms with E-state index < -0.39 is 8.32 Å². The number of hydrogen-bond donors (Lipinski definition) is 0. The van der Waals surface area contributed by atoms with Gasteiger partial charge in [-0.2, -0.15) is 0 Å². The van der Waals surface area contributed by atoms with Crippen molar-refractivity contribution in [2.45, 2.75) is 70.1 Å². The molecule has 0 spiro atoms. The molecule has 1 aromatic carbocycles. The lowest BCUT2D eigenvalue weighted by Gasteiger charge is -2.42. The first-order chi connectivity index (χ1) is 11.2. The highest BCUT2D eigenvalue weighted by molar-refractivity contribution is 6.74. The van der Waals surface area contributed by atoms with Gasteiger partial charge in [0.05, 0.1) is 18.3 Å². The first-order valence-corrected chi connectivity index (χ1v) is 11.8. The van der Waals surface area contributed by atoms with Gasteiger partial charge < -0.3 is 9.16 Å². The van der Waals surface area contributed by atoms with Crippen LogP contribution in [0.2, 0.25) is 18.1 Å². The van der Waals surface area contributed by atoms with E-state index in [1.165, 1.54) is 5.56 Å². The molecule has 0 aromatic heterocycles. The first kappa shape index (κ1) is 19.2. The Morgan fingerprint density at radius 1 is 1.12 bits per heavy atom. The molecule has 1 heterocycles. The van der Waals surface area contributed by atoms with Crippen molar-refractivity contribution in [1.29, 1.82) is 0 Å². The second kappa shape index (κ2) is 7.81. The zero-order valence-electron chi connectivity index (χ0n) is 15.8. The van der Waals surface area contributed by atoms with Crippen LogP contribution in [-0.4, -0.2) is 26.6 Å². The third-order valence-electron chi connectivity index (χ3n) is 5.17. The molecule has 0 unspecified atom stereocenters. The van der Waals surface area contributed by atoms with Crippen LogP contribution in [-0.2, 0) is 9.16 Å². The minimum Gasteiger partial charge on any atom is -0.414 e. The van der Waals surface area contributed by atoms with Crippen LogP contribution in [0.15, 0.2) is 49.1 Å². The molecule has 0 bridgehead atoms. The van der Waals surface area contributed by atoms with Crippen LogP contribution in [0.25, 0.3) is 6.08 Å². The smallest absolute Gasteiger partial charge is 0.192 e. The molecule has 3 atom stereocenters. The highest BCUT2D eigenvalue weighted by Gasteiger charge is 2.40. The third kappa shape index (κ3) is 5.17. The van der Waals surface area contributed by atoms with Gasteiger partial charge in [-0.05, 0) is 23.7 Å². The van der Waals surface area contributed by atoms with Gasteiger partial charge >= 0.3 is 0 Å². The lowest BCUT2D eigenvalue weighted by atomic mass is 10.00. The number of hydrogen-bond acceptors (Lipinski definition) is 2. The summed E-state index contributed by atoms with van der Waals surface area (Å²) < 4.78 is 12.8. The minimum atomic E-state index is -1.77. The van der Waals surface area contributed by atoms with Crippen molar-refractivity contribution in [2.75, 3.05) is 0 Å². The third-order valence-corrected chi connectivity index (χ3v) is 9.71. The molecule has 0 saturated carbocycles.